The number of amides is 2. The van der Waals surface area contributed by atoms with E-state index in [4.69, 9.17) is 10.8 Å². The largest absolute Gasteiger partial charge is 0.481 e. The van der Waals surface area contributed by atoms with E-state index < -0.39 is 5.97 Å². The van der Waals surface area contributed by atoms with Crippen LogP contribution in [0.4, 0.5) is 0 Å². The van der Waals surface area contributed by atoms with Gasteiger partial charge in [0, 0.05) is 32.0 Å². The molecule has 2 amide bonds. The first-order valence-corrected chi connectivity index (χ1v) is 6.88. The topological polar surface area (TPSA) is 113 Å². The summed E-state index contributed by atoms with van der Waals surface area (Å²) in [6, 6.07) is 0.101. The number of carboxylic acid groups (broad SMARTS) is 1. The standard InChI is InChI=1S/C13H23N3O4/c1-9(7-13(19)20)6-12(18)15-10-2-4-16(5-3-10)8-11(14)17/h9-10H,2-8H2,1H3,(H2,14,17)(H,15,18)(H,19,20). The van der Waals surface area contributed by atoms with Crippen molar-refractivity contribution in [3.63, 3.8) is 0 Å². The maximum atomic E-state index is 11.8. The van der Waals surface area contributed by atoms with Crippen LogP contribution in [-0.4, -0.2) is 53.5 Å². The number of rotatable bonds is 7. The average molecular weight is 285 g/mol. The van der Waals surface area contributed by atoms with Crippen LogP contribution in [0, 0.1) is 5.92 Å². The third-order valence-corrected chi connectivity index (χ3v) is 3.39. The fourth-order valence-corrected chi connectivity index (χ4v) is 2.43. The zero-order valence-corrected chi connectivity index (χ0v) is 11.8. The third kappa shape index (κ3) is 6.51. The van der Waals surface area contributed by atoms with Crippen LogP contribution in [0.25, 0.3) is 0 Å². The van der Waals surface area contributed by atoms with Gasteiger partial charge in [0.05, 0.1) is 6.54 Å². The van der Waals surface area contributed by atoms with Gasteiger partial charge in [-0.2, -0.15) is 0 Å². The molecule has 1 fully saturated rings. The first kappa shape index (κ1) is 16.4. The molecule has 7 heteroatoms. The van der Waals surface area contributed by atoms with Gasteiger partial charge in [-0.3, -0.25) is 19.3 Å². The van der Waals surface area contributed by atoms with Crippen molar-refractivity contribution in [3.8, 4) is 0 Å². The molecule has 1 atom stereocenters. The molecular weight excluding hydrogens is 262 g/mol. The zero-order chi connectivity index (χ0) is 15.1. The Morgan fingerprint density at radius 3 is 2.40 bits per heavy atom. The number of carbonyl (C=O) groups is 3. The van der Waals surface area contributed by atoms with Gasteiger partial charge in [-0.15, -0.1) is 0 Å². The molecule has 1 unspecified atom stereocenters. The van der Waals surface area contributed by atoms with E-state index in [1.54, 1.807) is 6.92 Å². The highest BCUT2D eigenvalue weighted by molar-refractivity contribution is 5.77. The van der Waals surface area contributed by atoms with Crippen LogP contribution in [0.15, 0.2) is 0 Å². The number of carbonyl (C=O) groups excluding carboxylic acids is 2. The maximum absolute atomic E-state index is 11.8. The lowest BCUT2D eigenvalue weighted by atomic mass is 10.0. The quantitative estimate of drug-likeness (QED) is 0.586. The predicted octanol–water partition coefficient (Wildman–Crippen LogP) is -0.447. The number of aliphatic carboxylic acids is 1. The van der Waals surface area contributed by atoms with Crippen molar-refractivity contribution in [2.45, 2.75) is 38.6 Å². The lowest BCUT2D eigenvalue weighted by Crippen LogP contribution is -2.46. The molecule has 1 aliphatic rings. The number of nitrogens with two attached hydrogens (primary N) is 1. The van der Waals surface area contributed by atoms with Gasteiger partial charge in [0.25, 0.3) is 0 Å². The minimum absolute atomic E-state index is 0.00444. The smallest absolute Gasteiger partial charge is 0.303 e. The summed E-state index contributed by atoms with van der Waals surface area (Å²) in [5.41, 5.74) is 5.13. The number of nitrogens with zero attached hydrogens (tertiary/aromatic N) is 1. The Bertz CT molecular complexity index is 365. The zero-order valence-electron chi connectivity index (χ0n) is 11.8. The Kier molecular flexibility index (Phi) is 6.44. The van der Waals surface area contributed by atoms with Gasteiger partial charge in [0.2, 0.25) is 11.8 Å². The van der Waals surface area contributed by atoms with Crippen LogP contribution in [0.3, 0.4) is 0 Å². The molecule has 1 saturated heterocycles. The molecule has 0 bridgehead atoms. The van der Waals surface area contributed by atoms with E-state index in [0.29, 0.717) is 0 Å². The molecule has 1 heterocycles. The van der Waals surface area contributed by atoms with Crippen molar-refractivity contribution in [2.24, 2.45) is 11.7 Å². The van der Waals surface area contributed by atoms with E-state index >= 15 is 0 Å². The molecule has 0 aromatic carbocycles. The molecule has 0 radical (unpaired) electrons. The van der Waals surface area contributed by atoms with Crippen LogP contribution in [0.2, 0.25) is 0 Å². The molecule has 0 aliphatic carbocycles. The van der Waals surface area contributed by atoms with E-state index in [1.165, 1.54) is 0 Å². The normalized spacial score (nSPS) is 18.4. The van der Waals surface area contributed by atoms with E-state index in [1.807, 2.05) is 4.90 Å². The molecule has 1 aliphatic heterocycles. The third-order valence-electron chi connectivity index (χ3n) is 3.39. The Morgan fingerprint density at radius 1 is 1.30 bits per heavy atom. The summed E-state index contributed by atoms with van der Waals surface area (Å²) >= 11 is 0. The van der Waals surface area contributed by atoms with Crippen molar-refractivity contribution >= 4 is 17.8 Å². The Morgan fingerprint density at radius 2 is 1.90 bits per heavy atom. The van der Waals surface area contributed by atoms with Gasteiger partial charge in [0.15, 0.2) is 0 Å². The molecular formula is C13H23N3O4. The van der Waals surface area contributed by atoms with Crippen molar-refractivity contribution in [3.05, 3.63) is 0 Å². The highest BCUT2D eigenvalue weighted by Crippen LogP contribution is 2.12. The number of carboxylic acids is 1. The van der Waals surface area contributed by atoms with Gasteiger partial charge in [-0.25, -0.2) is 0 Å². The minimum Gasteiger partial charge on any atom is -0.481 e. The van der Waals surface area contributed by atoms with Crippen molar-refractivity contribution in [1.82, 2.24) is 10.2 Å². The summed E-state index contributed by atoms with van der Waals surface area (Å²) in [6.07, 6.45) is 1.80. The van der Waals surface area contributed by atoms with Gasteiger partial charge >= 0.3 is 5.97 Å². The molecule has 114 valence electrons. The number of hydrogen-bond acceptors (Lipinski definition) is 4. The van der Waals surface area contributed by atoms with Crippen LogP contribution < -0.4 is 11.1 Å². The highest BCUT2D eigenvalue weighted by Gasteiger charge is 2.22. The fourth-order valence-electron chi connectivity index (χ4n) is 2.43. The van der Waals surface area contributed by atoms with Crippen molar-refractivity contribution in [1.29, 1.82) is 0 Å². The second kappa shape index (κ2) is 7.84. The number of likely N-dealkylation sites (tertiary alicyclic amines) is 1. The molecule has 0 aromatic rings. The number of nitrogens with one attached hydrogen (secondary N) is 1. The lowest BCUT2D eigenvalue weighted by molar-refractivity contribution is -0.138. The van der Waals surface area contributed by atoms with Gasteiger partial charge in [-0.05, 0) is 18.8 Å². The van der Waals surface area contributed by atoms with Gasteiger partial charge in [-0.1, -0.05) is 6.92 Å². The highest BCUT2D eigenvalue weighted by atomic mass is 16.4. The first-order chi connectivity index (χ1) is 9.36. The predicted molar refractivity (Wildman–Crippen MR) is 72.8 cm³/mol. The van der Waals surface area contributed by atoms with Crippen LogP contribution in [-0.2, 0) is 14.4 Å². The van der Waals surface area contributed by atoms with Crippen molar-refractivity contribution in [2.75, 3.05) is 19.6 Å². The number of hydrogen-bond donors (Lipinski definition) is 3. The SMILES string of the molecule is CC(CC(=O)O)CC(=O)NC1CCN(CC(N)=O)CC1. The van der Waals surface area contributed by atoms with Crippen LogP contribution in [0.1, 0.15) is 32.6 Å². The molecule has 0 saturated carbocycles. The maximum Gasteiger partial charge on any atom is 0.303 e. The molecule has 1 rings (SSSR count). The molecule has 0 spiro atoms. The van der Waals surface area contributed by atoms with E-state index in [9.17, 15) is 14.4 Å². The van der Waals surface area contributed by atoms with Crippen LogP contribution in [0.5, 0.6) is 0 Å². The van der Waals surface area contributed by atoms with E-state index in [-0.39, 0.29) is 43.2 Å². The summed E-state index contributed by atoms with van der Waals surface area (Å²) in [6.45, 7) is 3.48. The van der Waals surface area contributed by atoms with E-state index in [2.05, 4.69) is 5.32 Å². The minimum atomic E-state index is -0.884. The summed E-state index contributed by atoms with van der Waals surface area (Å²) in [5, 5.41) is 11.6. The monoisotopic (exact) mass is 285 g/mol. The first-order valence-electron chi connectivity index (χ1n) is 6.88. The summed E-state index contributed by atoms with van der Waals surface area (Å²) in [4.78, 5) is 35.1. The number of piperidine rings is 1. The lowest BCUT2D eigenvalue weighted by Gasteiger charge is -2.31. The summed E-state index contributed by atoms with van der Waals surface area (Å²) in [7, 11) is 0. The fraction of sp³-hybridized carbons (Fsp3) is 0.769. The summed E-state index contributed by atoms with van der Waals surface area (Å²) in [5.74, 6) is -1.49. The Hall–Kier alpha value is -1.63. The van der Waals surface area contributed by atoms with Crippen LogP contribution >= 0.6 is 0 Å². The second-order valence-corrected chi connectivity index (χ2v) is 5.49. The molecule has 4 N–H and O–H groups in total. The second-order valence-electron chi connectivity index (χ2n) is 5.49. The number of primary amides is 1. The van der Waals surface area contributed by atoms with Crippen molar-refractivity contribution < 1.29 is 19.5 Å². The van der Waals surface area contributed by atoms with Gasteiger partial charge < -0.3 is 16.2 Å². The molecule has 7 nitrogen and oxygen atoms in total. The molecule has 20 heavy (non-hydrogen) atoms. The van der Waals surface area contributed by atoms with Gasteiger partial charge in [0.1, 0.15) is 0 Å². The van der Waals surface area contributed by atoms with E-state index in [0.717, 1.165) is 25.9 Å². The Balaban J connectivity index is 2.24. The summed E-state index contributed by atoms with van der Waals surface area (Å²) < 4.78 is 0. The Labute approximate surface area is 118 Å². The molecule has 0 aromatic heterocycles. The average Bonchev–Trinajstić information content (AvgIpc) is 2.29.